The van der Waals surface area contributed by atoms with Gasteiger partial charge in [-0.2, -0.15) is 0 Å². The number of likely N-dealkylation sites (tertiary alicyclic amines) is 1. The van der Waals surface area contributed by atoms with Crippen LogP contribution in [0.1, 0.15) is 47.6 Å². The number of aryl methyl sites for hydroxylation is 1. The quantitative estimate of drug-likeness (QED) is 0.672. The summed E-state index contributed by atoms with van der Waals surface area (Å²) in [5.74, 6) is 1.27. The summed E-state index contributed by atoms with van der Waals surface area (Å²) in [4.78, 5) is 27.4. The van der Waals surface area contributed by atoms with Crippen LogP contribution in [-0.4, -0.2) is 44.0 Å². The van der Waals surface area contributed by atoms with E-state index in [1.165, 1.54) is 0 Å². The van der Waals surface area contributed by atoms with Crippen LogP contribution in [0, 0.1) is 0 Å². The molecule has 3 aromatic rings. The van der Waals surface area contributed by atoms with Crippen LogP contribution in [0.2, 0.25) is 0 Å². The van der Waals surface area contributed by atoms with Crippen molar-refractivity contribution in [1.82, 2.24) is 25.0 Å². The zero-order valence-corrected chi connectivity index (χ0v) is 15.6. The summed E-state index contributed by atoms with van der Waals surface area (Å²) >= 11 is 0. The molecule has 0 spiro atoms. The fourth-order valence-corrected chi connectivity index (χ4v) is 3.27. The van der Waals surface area contributed by atoms with Crippen molar-refractivity contribution in [2.24, 2.45) is 0 Å². The molecule has 144 valence electrons. The number of amides is 1. The van der Waals surface area contributed by atoms with Gasteiger partial charge in [0.1, 0.15) is 5.75 Å². The Morgan fingerprint density at radius 2 is 2.25 bits per heavy atom. The first-order valence-electron chi connectivity index (χ1n) is 9.37. The third-order valence-electron chi connectivity index (χ3n) is 4.75. The molecule has 1 saturated heterocycles. The number of hydrogen-bond donors (Lipinski definition) is 0. The molecule has 8 heteroatoms. The molecule has 0 unspecified atom stereocenters. The van der Waals surface area contributed by atoms with Gasteiger partial charge in [-0.05, 0) is 31.4 Å². The van der Waals surface area contributed by atoms with Gasteiger partial charge in [0.15, 0.2) is 0 Å². The smallest absolute Gasteiger partial charge is 0.292 e. The van der Waals surface area contributed by atoms with E-state index >= 15 is 0 Å². The summed E-state index contributed by atoms with van der Waals surface area (Å²) in [5.41, 5.74) is 1.59. The average Bonchev–Trinajstić information content (AvgIpc) is 3.24. The van der Waals surface area contributed by atoms with Gasteiger partial charge in [0.25, 0.3) is 5.91 Å². The van der Waals surface area contributed by atoms with E-state index in [1.807, 2.05) is 13.0 Å². The number of piperidine rings is 1. The van der Waals surface area contributed by atoms with E-state index in [1.54, 1.807) is 41.8 Å². The van der Waals surface area contributed by atoms with Crippen molar-refractivity contribution in [3.8, 4) is 11.6 Å². The van der Waals surface area contributed by atoms with Gasteiger partial charge < -0.3 is 14.2 Å². The minimum absolute atomic E-state index is 0.0937. The van der Waals surface area contributed by atoms with Crippen molar-refractivity contribution >= 4 is 5.91 Å². The lowest BCUT2D eigenvalue weighted by Crippen LogP contribution is -2.39. The molecule has 0 saturated carbocycles. The topological polar surface area (TPSA) is 94.2 Å². The van der Waals surface area contributed by atoms with Gasteiger partial charge in [-0.15, -0.1) is 0 Å². The number of ether oxygens (including phenoxy) is 1. The average molecular weight is 379 g/mol. The maximum Gasteiger partial charge on any atom is 0.292 e. The van der Waals surface area contributed by atoms with Crippen molar-refractivity contribution in [2.45, 2.75) is 32.1 Å². The van der Waals surface area contributed by atoms with Gasteiger partial charge in [-0.1, -0.05) is 12.1 Å². The van der Waals surface area contributed by atoms with Crippen LogP contribution in [-0.2, 0) is 6.42 Å². The van der Waals surface area contributed by atoms with E-state index in [0.29, 0.717) is 24.7 Å². The van der Waals surface area contributed by atoms with E-state index < -0.39 is 0 Å². The molecule has 8 nitrogen and oxygen atoms in total. The van der Waals surface area contributed by atoms with Crippen molar-refractivity contribution in [3.05, 3.63) is 60.1 Å². The Labute approximate surface area is 162 Å². The van der Waals surface area contributed by atoms with Gasteiger partial charge in [-0.25, -0.2) is 4.98 Å². The summed E-state index contributed by atoms with van der Waals surface area (Å²) in [6.07, 6.45) is 9.17. The summed E-state index contributed by atoms with van der Waals surface area (Å²) in [5, 5.41) is 3.91. The molecule has 1 aliphatic heterocycles. The molecule has 4 rings (SSSR count). The molecular formula is C20H21N5O3. The summed E-state index contributed by atoms with van der Waals surface area (Å²) in [7, 11) is 0. The Morgan fingerprint density at radius 1 is 1.32 bits per heavy atom. The second-order valence-electron chi connectivity index (χ2n) is 6.70. The number of carbonyl (C=O) groups excluding carboxylic acids is 1. The molecule has 0 N–H and O–H groups in total. The van der Waals surface area contributed by atoms with Crippen LogP contribution in [0.4, 0.5) is 0 Å². The minimum Gasteiger partial charge on any atom is -0.436 e. The molecule has 1 aliphatic rings. The van der Waals surface area contributed by atoms with Crippen LogP contribution in [0.25, 0.3) is 0 Å². The van der Waals surface area contributed by atoms with Crippen LogP contribution in [0.15, 0.2) is 47.5 Å². The van der Waals surface area contributed by atoms with Crippen molar-refractivity contribution < 1.29 is 14.1 Å². The highest BCUT2D eigenvalue weighted by molar-refractivity contribution is 5.91. The lowest BCUT2D eigenvalue weighted by molar-refractivity contribution is 0.0663. The molecule has 1 amide bonds. The third kappa shape index (κ3) is 4.00. The summed E-state index contributed by atoms with van der Waals surface area (Å²) < 4.78 is 10.9. The van der Waals surface area contributed by atoms with Crippen LogP contribution in [0.5, 0.6) is 11.6 Å². The Morgan fingerprint density at radius 3 is 3.04 bits per heavy atom. The number of rotatable bonds is 5. The lowest BCUT2D eigenvalue weighted by atomic mass is 9.95. The second kappa shape index (κ2) is 8.16. The normalized spacial score (nSPS) is 16.8. The molecule has 4 heterocycles. The Hall–Kier alpha value is -3.29. The first kappa shape index (κ1) is 18.1. The molecule has 3 aromatic heterocycles. The fraction of sp³-hybridized carbons (Fsp3) is 0.350. The molecule has 1 atom stereocenters. The molecule has 0 radical (unpaired) electrons. The van der Waals surface area contributed by atoms with Gasteiger partial charge in [0.2, 0.25) is 11.6 Å². The van der Waals surface area contributed by atoms with Crippen molar-refractivity contribution in [1.29, 1.82) is 0 Å². The molecular weight excluding hydrogens is 358 g/mol. The van der Waals surface area contributed by atoms with E-state index in [0.717, 1.165) is 30.7 Å². The molecule has 1 fully saturated rings. The highest BCUT2D eigenvalue weighted by atomic mass is 16.5. The van der Waals surface area contributed by atoms with Gasteiger partial charge in [0.05, 0.1) is 23.8 Å². The van der Waals surface area contributed by atoms with Gasteiger partial charge >= 0.3 is 0 Å². The lowest BCUT2D eigenvalue weighted by Gasteiger charge is -2.31. The third-order valence-corrected chi connectivity index (χ3v) is 4.75. The van der Waals surface area contributed by atoms with E-state index in [4.69, 9.17) is 9.26 Å². The number of hydrogen-bond acceptors (Lipinski definition) is 7. The summed E-state index contributed by atoms with van der Waals surface area (Å²) in [6.45, 7) is 3.23. The second-order valence-corrected chi connectivity index (χ2v) is 6.70. The van der Waals surface area contributed by atoms with Crippen molar-refractivity contribution in [3.63, 3.8) is 0 Å². The maximum absolute atomic E-state index is 12.7. The first-order valence-corrected chi connectivity index (χ1v) is 9.37. The van der Waals surface area contributed by atoms with E-state index in [2.05, 4.69) is 20.1 Å². The highest BCUT2D eigenvalue weighted by Crippen LogP contribution is 2.28. The first-order chi connectivity index (χ1) is 13.7. The molecule has 28 heavy (non-hydrogen) atoms. The summed E-state index contributed by atoms with van der Waals surface area (Å²) in [6, 6.07) is 5.32. The van der Waals surface area contributed by atoms with E-state index in [-0.39, 0.29) is 17.6 Å². The number of pyridine rings is 1. The van der Waals surface area contributed by atoms with Crippen LogP contribution >= 0.6 is 0 Å². The zero-order chi connectivity index (χ0) is 19.3. The fourth-order valence-electron chi connectivity index (χ4n) is 3.27. The number of nitrogens with zero attached hydrogens (tertiary/aromatic N) is 5. The zero-order valence-electron chi connectivity index (χ0n) is 15.6. The standard InChI is InChI=1S/C20H21N5O3/c1-2-15-9-18(28-24-15)20(26)25-8-4-5-14(13-25)17-11-22-12-19(23-17)27-16-6-3-7-21-10-16/h3,6-7,9-12,14H,2,4-5,8,13H2,1H3/t14-/m1/s1. The monoisotopic (exact) mass is 379 g/mol. The predicted octanol–water partition coefficient (Wildman–Crippen LogP) is 3.23. The van der Waals surface area contributed by atoms with E-state index in [9.17, 15) is 4.79 Å². The van der Waals surface area contributed by atoms with Crippen LogP contribution < -0.4 is 4.74 Å². The molecule has 0 aromatic carbocycles. The molecule has 0 aliphatic carbocycles. The maximum atomic E-state index is 12.7. The number of aromatic nitrogens is 4. The largest absolute Gasteiger partial charge is 0.436 e. The highest BCUT2D eigenvalue weighted by Gasteiger charge is 2.28. The SMILES string of the molecule is CCc1cc(C(=O)N2CCC[C@@H](c3cncc(Oc4cccnc4)n3)C2)on1. The Kier molecular flexibility index (Phi) is 5.27. The van der Waals surface area contributed by atoms with Gasteiger partial charge in [-0.3, -0.25) is 14.8 Å². The molecule has 0 bridgehead atoms. The minimum atomic E-state index is -0.132. The predicted molar refractivity (Wildman–Crippen MR) is 100 cm³/mol. The van der Waals surface area contributed by atoms with Crippen molar-refractivity contribution in [2.75, 3.05) is 13.1 Å². The van der Waals surface area contributed by atoms with Crippen LogP contribution in [0.3, 0.4) is 0 Å². The Balaban J connectivity index is 1.47. The number of carbonyl (C=O) groups is 1. The Bertz CT molecular complexity index is 944. The van der Waals surface area contributed by atoms with Gasteiger partial charge in [0, 0.05) is 37.5 Å².